The summed E-state index contributed by atoms with van der Waals surface area (Å²) in [5.41, 5.74) is 5.35. The number of carboxylic acids is 1. The zero-order valence-electron chi connectivity index (χ0n) is 10.4. The minimum atomic E-state index is -0.841. The molecule has 0 saturated carbocycles. The summed E-state index contributed by atoms with van der Waals surface area (Å²) in [6.45, 7) is 2.69. The van der Waals surface area contributed by atoms with E-state index < -0.39 is 24.0 Å². The Kier molecular flexibility index (Phi) is 5.41. The maximum atomic E-state index is 11.4. The van der Waals surface area contributed by atoms with Gasteiger partial charge in [-0.3, -0.25) is 14.5 Å². The summed E-state index contributed by atoms with van der Waals surface area (Å²) in [7, 11) is 0. The van der Waals surface area contributed by atoms with Gasteiger partial charge in [-0.2, -0.15) is 0 Å². The van der Waals surface area contributed by atoms with Gasteiger partial charge in [-0.15, -0.1) is 0 Å². The predicted octanol–water partition coefficient (Wildman–Crippen LogP) is 0.970. The van der Waals surface area contributed by atoms with Gasteiger partial charge in [0.05, 0.1) is 6.04 Å². The minimum absolute atomic E-state index is 0.396. The van der Waals surface area contributed by atoms with Crippen molar-refractivity contribution < 1.29 is 14.7 Å². The van der Waals surface area contributed by atoms with Crippen LogP contribution in [0.4, 0.5) is 0 Å². The number of nitrogens with two attached hydrogens (primary N) is 1. The van der Waals surface area contributed by atoms with E-state index >= 15 is 0 Å². The Morgan fingerprint density at radius 2 is 2.18 bits per heavy atom. The highest BCUT2D eigenvalue weighted by atomic mass is 16.4. The Labute approximate surface area is 102 Å². The lowest BCUT2D eigenvalue weighted by Gasteiger charge is -2.37. The van der Waals surface area contributed by atoms with Gasteiger partial charge in [0.2, 0.25) is 5.91 Å². The molecule has 5 heteroatoms. The third kappa shape index (κ3) is 3.70. The molecule has 1 heterocycles. The van der Waals surface area contributed by atoms with Crippen molar-refractivity contribution in [1.82, 2.24) is 4.90 Å². The van der Waals surface area contributed by atoms with Crippen molar-refractivity contribution in [2.75, 3.05) is 6.54 Å². The molecule has 0 bridgehead atoms. The van der Waals surface area contributed by atoms with Gasteiger partial charge in [0.25, 0.3) is 0 Å². The number of hydrogen-bond acceptors (Lipinski definition) is 3. The molecular formula is C12H22N2O3. The number of amides is 1. The molecule has 3 N–H and O–H groups in total. The van der Waals surface area contributed by atoms with E-state index in [4.69, 9.17) is 5.73 Å². The number of hydrogen-bond donors (Lipinski definition) is 2. The van der Waals surface area contributed by atoms with E-state index in [9.17, 15) is 14.7 Å². The Morgan fingerprint density at radius 1 is 1.47 bits per heavy atom. The van der Waals surface area contributed by atoms with Crippen LogP contribution in [0.3, 0.4) is 0 Å². The lowest BCUT2D eigenvalue weighted by atomic mass is 9.97. The van der Waals surface area contributed by atoms with Crippen molar-refractivity contribution in [2.45, 2.75) is 57.5 Å². The number of carbonyl (C=O) groups is 2. The molecule has 17 heavy (non-hydrogen) atoms. The second kappa shape index (κ2) is 6.59. The molecule has 98 valence electrons. The number of likely N-dealkylation sites (tertiary alicyclic amines) is 1. The van der Waals surface area contributed by atoms with Crippen molar-refractivity contribution in [3.63, 3.8) is 0 Å². The van der Waals surface area contributed by atoms with Crippen molar-refractivity contribution >= 4 is 11.9 Å². The lowest BCUT2D eigenvalue weighted by molar-refractivity contribution is -0.146. The van der Waals surface area contributed by atoms with Crippen molar-refractivity contribution in [3.8, 4) is 0 Å². The number of nitrogens with zero attached hydrogens (tertiary/aromatic N) is 1. The van der Waals surface area contributed by atoms with Gasteiger partial charge in [-0.1, -0.05) is 26.2 Å². The number of primary amides is 1. The first-order valence-corrected chi connectivity index (χ1v) is 6.35. The van der Waals surface area contributed by atoms with Crippen LogP contribution in [0, 0.1) is 0 Å². The van der Waals surface area contributed by atoms with Crippen LogP contribution in [0.15, 0.2) is 0 Å². The van der Waals surface area contributed by atoms with Crippen LogP contribution in [-0.2, 0) is 9.59 Å². The zero-order chi connectivity index (χ0) is 12.8. The fourth-order valence-corrected chi connectivity index (χ4v) is 2.46. The molecule has 0 aromatic rings. The molecule has 1 rings (SSSR count). The molecule has 1 saturated heterocycles. The second-order valence-electron chi connectivity index (χ2n) is 4.65. The van der Waals surface area contributed by atoms with Crippen LogP contribution in [0.1, 0.15) is 45.4 Å². The van der Waals surface area contributed by atoms with E-state index in [0.29, 0.717) is 19.4 Å². The number of piperidine rings is 1. The van der Waals surface area contributed by atoms with E-state index in [1.807, 2.05) is 6.92 Å². The van der Waals surface area contributed by atoms with E-state index in [1.165, 1.54) is 0 Å². The summed E-state index contributed by atoms with van der Waals surface area (Å²) in [6.07, 6.45) is 4.99. The molecule has 0 aliphatic carbocycles. The lowest BCUT2D eigenvalue weighted by Crippen LogP contribution is -2.54. The smallest absolute Gasteiger partial charge is 0.320 e. The molecule has 1 aliphatic rings. The van der Waals surface area contributed by atoms with Crippen LogP contribution in [-0.4, -0.2) is 40.5 Å². The Morgan fingerprint density at radius 3 is 2.71 bits per heavy atom. The average Bonchev–Trinajstić information content (AvgIpc) is 2.29. The molecule has 0 aromatic heterocycles. The monoisotopic (exact) mass is 242 g/mol. The first-order chi connectivity index (χ1) is 8.07. The van der Waals surface area contributed by atoms with Crippen LogP contribution in [0.25, 0.3) is 0 Å². The Bertz CT molecular complexity index is 281. The third-order valence-corrected chi connectivity index (χ3v) is 3.39. The molecule has 0 radical (unpaired) electrons. The van der Waals surface area contributed by atoms with Crippen molar-refractivity contribution in [3.05, 3.63) is 0 Å². The largest absolute Gasteiger partial charge is 0.480 e. The van der Waals surface area contributed by atoms with Gasteiger partial charge >= 0.3 is 5.97 Å². The van der Waals surface area contributed by atoms with Gasteiger partial charge in [0.15, 0.2) is 0 Å². The van der Waals surface area contributed by atoms with Crippen molar-refractivity contribution in [1.29, 1.82) is 0 Å². The maximum Gasteiger partial charge on any atom is 0.320 e. The predicted molar refractivity (Wildman–Crippen MR) is 64.5 cm³/mol. The zero-order valence-corrected chi connectivity index (χ0v) is 10.4. The number of rotatable bonds is 6. The minimum Gasteiger partial charge on any atom is -0.480 e. The first kappa shape index (κ1) is 14.0. The van der Waals surface area contributed by atoms with Crippen LogP contribution in [0.2, 0.25) is 0 Å². The number of aliphatic carboxylic acids is 1. The van der Waals surface area contributed by atoms with Crippen LogP contribution >= 0.6 is 0 Å². The standard InChI is InChI=1S/C12H22N2O3/c1-2-3-6-10(12(16)17)14-8-5-4-7-9(14)11(13)15/h9-10H,2-8H2,1H3,(H2,13,15)(H,16,17). The molecule has 0 spiro atoms. The highest BCUT2D eigenvalue weighted by Gasteiger charge is 2.35. The van der Waals surface area contributed by atoms with Gasteiger partial charge in [-0.25, -0.2) is 0 Å². The summed E-state index contributed by atoms with van der Waals surface area (Å²) in [4.78, 5) is 24.4. The number of unbranched alkanes of at least 4 members (excludes halogenated alkanes) is 1. The SMILES string of the molecule is CCCCC(C(=O)O)N1CCCCC1C(N)=O. The first-order valence-electron chi connectivity index (χ1n) is 6.35. The van der Waals surface area contributed by atoms with Crippen LogP contribution < -0.4 is 5.73 Å². The fourth-order valence-electron chi connectivity index (χ4n) is 2.46. The van der Waals surface area contributed by atoms with Gasteiger partial charge < -0.3 is 10.8 Å². The summed E-state index contributed by atoms with van der Waals surface area (Å²) >= 11 is 0. The number of carboxylic acid groups (broad SMARTS) is 1. The highest BCUT2D eigenvalue weighted by Crippen LogP contribution is 2.22. The van der Waals surface area contributed by atoms with Gasteiger partial charge in [0.1, 0.15) is 6.04 Å². The molecule has 1 fully saturated rings. The Balaban J connectivity index is 2.74. The summed E-state index contributed by atoms with van der Waals surface area (Å²) < 4.78 is 0. The normalized spacial score (nSPS) is 23.2. The summed E-state index contributed by atoms with van der Waals surface area (Å²) in [5.74, 6) is -1.24. The second-order valence-corrected chi connectivity index (χ2v) is 4.65. The topological polar surface area (TPSA) is 83.6 Å². The maximum absolute atomic E-state index is 11.4. The molecule has 1 amide bonds. The summed E-state index contributed by atoms with van der Waals surface area (Å²) in [6, 6.07) is -0.963. The van der Waals surface area contributed by atoms with E-state index in [1.54, 1.807) is 4.90 Å². The molecule has 5 nitrogen and oxygen atoms in total. The van der Waals surface area contributed by atoms with E-state index in [2.05, 4.69) is 0 Å². The van der Waals surface area contributed by atoms with E-state index in [0.717, 1.165) is 25.7 Å². The Hall–Kier alpha value is -1.10. The molecule has 2 atom stereocenters. The van der Waals surface area contributed by atoms with Crippen LogP contribution in [0.5, 0.6) is 0 Å². The van der Waals surface area contributed by atoms with E-state index in [-0.39, 0.29) is 0 Å². The summed E-state index contributed by atoms with van der Waals surface area (Å²) in [5, 5.41) is 9.26. The fraction of sp³-hybridized carbons (Fsp3) is 0.833. The molecule has 2 unspecified atom stereocenters. The molecule has 1 aliphatic heterocycles. The quantitative estimate of drug-likeness (QED) is 0.727. The third-order valence-electron chi connectivity index (χ3n) is 3.39. The van der Waals surface area contributed by atoms with Crippen molar-refractivity contribution in [2.24, 2.45) is 5.73 Å². The number of carbonyl (C=O) groups excluding carboxylic acids is 1. The molecule has 0 aromatic carbocycles. The average molecular weight is 242 g/mol. The molecular weight excluding hydrogens is 220 g/mol. The van der Waals surface area contributed by atoms with Gasteiger partial charge in [0, 0.05) is 0 Å². The van der Waals surface area contributed by atoms with Gasteiger partial charge in [-0.05, 0) is 25.8 Å². The highest BCUT2D eigenvalue weighted by molar-refractivity contribution is 5.81.